The number of nitrogens with zero attached hydrogens (tertiary/aromatic N) is 3. The van der Waals surface area contributed by atoms with Gasteiger partial charge in [0.25, 0.3) is 5.91 Å². The number of carbonyl (C=O) groups excluding carboxylic acids is 1. The van der Waals surface area contributed by atoms with Crippen LogP contribution < -0.4 is 0 Å². The summed E-state index contributed by atoms with van der Waals surface area (Å²) in [5.41, 5.74) is 1.73. The Morgan fingerprint density at radius 2 is 2.05 bits per heavy atom. The predicted molar refractivity (Wildman–Crippen MR) is 87.0 cm³/mol. The summed E-state index contributed by atoms with van der Waals surface area (Å²) in [6, 6.07) is 2.33. The molecule has 0 atom stereocenters. The lowest BCUT2D eigenvalue weighted by atomic mass is 10.0. The number of piperidine rings is 1. The van der Waals surface area contributed by atoms with Gasteiger partial charge >= 0.3 is 0 Å². The summed E-state index contributed by atoms with van der Waals surface area (Å²) in [5, 5.41) is 7.35. The molecular formula is C17H28N4O. The molecule has 2 fully saturated rings. The third-order valence-corrected chi connectivity index (χ3v) is 4.79. The number of amides is 1. The molecule has 0 radical (unpaired) electrons. The topological polar surface area (TPSA) is 52.2 Å². The second kappa shape index (κ2) is 6.41. The van der Waals surface area contributed by atoms with Crippen molar-refractivity contribution in [2.75, 3.05) is 26.7 Å². The van der Waals surface area contributed by atoms with E-state index in [0.717, 1.165) is 38.2 Å². The smallest absolute Gasteiger partial charge is 0.274 e. The molecule has 5 heteroatoms. The van der Waals surface area contributed by atoms with Crippen molar-refractivity contribution in [3.05, 3.63) is 17.5 Å². The molecule has 1 aliphatic carbocycles. The van der Waals surface area contributed by atoms with E-state index in [-0.39, 0.29) is 5.91 Å². The van der Waals surface area contributed by atoms with E-state index in [0.29, 0.717) is 23.6 Å². The molecule has 5 nitrogen and oxygen atoms in total. The molecule has 0 spiro atoms. The van der Waals surface area contributed by atoms with Crippen LogP contribution in [0.25, 0.3) is 0 Å². The fraction of sp³-hybridized carbons (Fsp3) is 0.765. The quantitative estimate of drug-likeness (QED) is 0.909. The van der Waals surface area contributed by atoms with Gasteiger partial charge in [0.05, 0.1) is 0 Å². The second-order valence-electron chi connectivity index (χ2n) is 7.37. The van der Waals surface area contributed by atoms with E-state index in [2.05, 4.69) is 40.9 Å². The zero-order valence-electron chi connectivity index (χ0n) is 14.0. The Morgan fingerprint density at radius 1 is 1.36 bits per heavy atom. The molecule has 122 valence electrons. The third kappa shape index (κ3) is 3.51. The number of aromatic amines is 1. The molecule has 2 heterocycles. The molecule has 0 unspecified atom stereocenters. The minimum atomic E-state index is 0.103. The Labute approximate surface area is 133 Å². The number of likely N-dealkylation sites (tertiary alicyclic amines) is 1. The van der Waals surface area contributed by atoms with Gasteiger partial charge in [-0.1, -0.05) is 13.8 Å². The number of hydrogen-bond donors (Lipinski definition) is 1. The van der Waals surface area contributed by atoms with Gasteiger partial charge in [0.2, 0.25) is 0 Å². The van der Waals surface area contributed by atoms with Crippen molar-refractivity contribution in [3.63, 3.8) is 0 Å². The van der Waals surface area contributed by atoms with E-state index >= 15 is 0 Å². The molecule has 22 heavy (non-hydrogen) atoms. The van der Waals surface area contributed by atoms with Crippen molar-refractivity contribution in [2.45, 2.75) is 51.5 Å². The largest absolute Gasteiger partial charge is 0.334 e. The Kier molecular flexibility index (Phi) is 4.52. The van der Waals surface area contributed by atoms with Crippen molar-refractivity contribution < 1.29 is 4.79 Å². The van der Waals surface area contributed by atoms with Crippen LogP contribution in [-0.2, 0) is 0 Å². The van der Waals surface area contributed by atoms with Crippen LogP contribution >= 0.6 is 0 Å². The zero-order valence-corrected chi connectivity index (χ0v) is 14.0. The third-order valence-electron chi connectivity index (χ3n) is 4.79. The first-order valence-electron chi connectivity index (χ1n) is 8.59. The summed E-state index contributed by atoms with van der Waals surface area (Å²) in [6.45, 7) is 7.31. The van der Waals surface area contributed by atoms with Gasteiger partial charge in [-0.25, -0.2) is 0 Å². The molecule has 1 aromatic rings. The molecule has 0 bridgehead atoms. The van der Waals surface area contributed by atoms with Gasteiger partial charge in [-0.15, -0.1) is 0 Å². The first kappa shape index (κ1) is 15.5. The van der Waals surface area contributed by atoms with E-state index in [1.54, 1.807) is 0 Å². The number of aromatic nitrogens is 2. The molecular weight excluding hydrogens is 276 g/mol. The average molecular weight is 304 g/mol. The molecule has 3 rings (SSSR count). The Balaban J connectivity index is 1.73. The fourth-order valence-electron chi connectivity index (χ4n) is 3.29. The maximum Gasteiger partial charge on any atom is 0.274 e. The minimum absolute atomic E-state index is 0.103. The number of hydrogen-bond acceptors (Lipinski definition) is 3. The summed E-state index contributed by atoms with van der Waals surface area (Å²) >= 11 is 0. The van der Waals surface area contributed by atoms with E-state index in [4.69, 9.17) is 0 Å². The molecule has 1 saturated heterocycles. The first-order chi connectivity index (χ1) is 10.5. The van der Waals surface area contributed by atoms with Crippen LogP contribution in [0.15, 0.2) is 6.07 Å². The summed E-state index contributed by atoms with van der Waals surface area (Å²) in [5.74, 6) is 1.19. The first-order valence-corrected chi connectivity index (χ1v) is 8.59. The van der Waals surface area contributed by atoms with Gasteiger partial charge in [0.1, 0.15) is 5.69 Å². The molecule has 1 aromatic heterocycles. The highest BCUT2D eigenvalue weighted by molar-refractivity contribution is 5.92. The maximum absolute atomic E-state index is 12.9. The highest BCUT2D eigenvalue weighted by Gasteiger charge is 2.31. The van der Waals surface area contributed by atoms with Gasteiger partial charge in [0, 0.05) is 24.2 Å². The monoisotopic (exact) mass is 304 g/mol. The Morgan fingerprint density at radius 3 is 2.64 bits per heavy atom. The van der Waals surface area contributed by atoms with Gasteiger partial charge in [0.15, 0.2) is 0 Å². The lowest BCUT2D eigenvalue weighted by molar-refractivity contribution is 0.0553. The average Bonchev–Trinajstić information content (AvgIpc) is 3.22. The van der Waals surface area contributed by atoms with Crippen LogP contribution in [0, 0.1) is 5.92 Å². The van der Waals surface area contributed by atoms with Crippen LogP contribution in [0.4, 0.5) is 0 Å². The van der Waals surface area contributed by atoms with E-state index < -0.39 is 0 Å². The number of rotatable bonds is 5. The number of nitrogens with one attached hydrogen (secondary N) is 1. The zero-order chi connectivity index (χ0) is 15.7. The van der Waals surface area contributed by atoms with Gasteiger partial charge in [-0.05, 0) is 57.8 Å². The summed E-state index contributed by atoms with van der Waals surface area (Å²) < 4.78 is 0. The molecule has 1 amide bonds. The van der Waals surface area contributed by atoms with Crippen molar-refractivity contribution in [3.8, 4) is 0 Å². The molecule has 0 aromatic carbocycles. The molecule has 1 aliphatic heterocycles. The second-order valence-corrected chi connectivity index (χ2v) is 7.37. The van der Waals surface area contributed by atoms with Gasteiger partial charge in [-0.2, -0.15) is 5.10 Å². The molecule has 1 N–H and O–H groups in total. The molecule has 2 aliphatic rings. The van der Waals surface area contributed by atoms with Crippen LogP contribution in [0.3, 0.4) is 0 Å². The van der Waals surface area contributed by atoms with Crippen molar-refractivity contribution in [1.29, 1.82) is 0 Å². The fourth-order valence-corrected chi connectivity index (χ4v) is 3.29. The Bertz CT molecular complexity index is 512. The van der Waals surface area contributed by atoms with Crippen molar-refractivity contribution >= 4 is 5.91 Å². The summed E-state index contributed by atoms with van der Waals surface area (Å²) in [6.07, 6.45) is 4.57. The summed E-state index contributed by atoms with van der Waals surface area (Å²) in [7, 11) is 2.15. The van der Waals surface area contributed by atoms with E-state index in [1.165, 1.54) is 12.8 Å². The Hall–Kier alpha value is -1.36. The van der Waals surface area contributed by atoms with Crippen LogP contribution in [0.1, 0.15) is 61.6 Å². The highest BCUT2D eigenvalue weighted by Crippen LogP contribution is 2.39. The maximum atomic E-state index is 12.9. The highest BCUT2D eigenvalue weighted by atomic mass is 16.2. The van der Waals surface area contributed by atoms with Crippen LogP contribution in [0.2, 0.25) is 0 Å². The van der Waals surface area contributed by atoms with Crippen molar-refractivity contribution in [1.82, 2.24) is 20.0 Å². The van der Waals surface area contributed by atoms with Crippen molar-refractivity contribution in [2.24, 2.45) is 5.92 Å². The van der Waals surface area contributed by atoms with E-state index in [1.807, 2.05) is 6.07 Å². The lowest BCUT2D eigenvalue weighted by Gasteiger charge is -2.38. The number of carbonyl (C=O) groups is 1. The standard InChI is InChI=1S/C17H28N4O/c1-12(2)11-21(14-6-8-20(3)9-7-14)17(22)16-10-15(18-19-16)13-4-5-13/h10,12-14H,4-9,11H2,1-3H3,(H,18,19). The summed E-state index contributed by atoms with van der Waals surface area (Å²) in [4.78, 5) is 17.4. The normalized spacial score (nSPS) is 20.5. The SMILES string of the molecule is CC(C)CN(C(=O)c1cc(C2CC2)[nH]n1)C1CCN(C)CC1. The minimum Gasteiger partial charge on any atom is -0.334 e. The number of H-pyrrole nitrogens is 1. The molecule has 1 saturated carbocycles. The van der Waals surface area contributed by atoms with Crippen LogP contribution in [0.5, 0.6) is 0 Å². The van der Waals surface area contributed by atoms with Gasteiger partial charge in [-0.3, -0.25) is 9.89 Å². The lowest BCUT2D eigenvalue weighted by Crippen LogP contribution is -2.48. The van der Waals surface area contributed by atoms with Crippen LogP contribution in [-0.4, -0.2) is 58.6 Å². The van der Waals surface area contributed by atoms with Gasteiger partial charge < -0.3 is 9.80 Å². The predicted octanol–water partition coefficient (Wildman–Crippen LogP) is 2.48. The van der Waals surface area contributed by atoms with E-state index in [9.17, 15) is 4.79 Å².